The normalized spacial score (nSPS) is 22.6. The minimum absolute atomic E-state index is 0.0487. The van der Waals surface area contributed by atoms with E-state index in [2.05, 4.69) is 37.0 Å². The molecular formula is C29H34N4O3. The van der Waals surface area contributed by atoms with Gasteiger partial charge in [0.05, 0.1) is 17.8 Å². The molecule has 1 aromatic heterocycles. The fourth-order valence-corrected chi connectivity index (χ4v) is 6.13. The number of fused-ring (bicyclic) bond motifs is 2. The number of β-amino-alcohol motifs (C(OH)–C–C–N with tert-alkyl or cyclic N) is 1. The lowest BCUT2D eigenvalue weighted by molar-refractivity contribution is 0.0103. The van der Waals surface area contributed by atoms with Crippen LogP contribution in [0.2, 0.25) is 0 Å². The number of hydrogen-bond donors (Lipinski definition) is 3. The van der Waals surface area contributed by atoms with E-state index in [-0.39, 0.29) is 23.5 Å². The van der Waals surface area contributed by atoms with Crippen molar-refractivity contribution in [3.63, 3.8) is 0 Å². The van der Waals surface area contributed by atoms with Crippen LogP contribution in [0.4, 0.5) is 0 Å². The van der Waals surface area contributed by atoms with Gasteiger partial charge in [0.15, 0.2) is 0 Å². The lowest BCUT2D eigenvalue weighted by Crippen LogP contribution is -2.28. The predicted octanol–water partition coefficient (Wildman–Crippen LogP) is 3.98. The summed E-state index contributed by atoms with van der Waals surface area (Å²) in [4.78, 5) is 17.1. The summed E-state index contributed by atoms with van der Waals surface area (Å²) in [5.74, 6) is 0.0487. The second kappa shape index (κ2) is 8.54. The molecule has 1 saturated heterocycles. The molecule has 1 fully saturated rings. The largest absolute Gasteiger partial charge is 0.392 e. The summed E-state index contributed by atoms with van der Waals surface area (Å²) in [6.07, 6.45) is 1.61. The number of aromatic amines is 1. The molecule has 2 aliphatic heterocycles. The maximum Gasteiger partial charge on any atom is 0.255 e. The Hall–Kier alpha value is -3.00. The van der Waals surface area contributed by atoms with Crippen molar-refractivity contribution in [3.05, 3.63) is 76.0 Å². The molecule has 7 heteroatoms. The SMILES string of the molecule is C[C@H](c1ccc(C(O)N2CC[C@@H](O)C2)cc1)N1Cc2cc(-c3n[nH]c4c3CC(C)(C)C4)ccc2C1=O. The Morgan fingerprint density at radius 2 is 1.86 bits per heavy atom. The van der Waals surface area contributed by atoms with Crippen LogP contribution in [0.25, 0.3) is 11.3 Å². The Morgan fingerprint density at radius 1 is 1.11 bits per heavy atom. The van der Waals surface area contributed by atoms with Crippen LogP contribution in [0.3, 0.4) is 0 Å². The maximum absolute atomic E-state index is 13.3. The highest BCUT2D eigenvalue weighted by atomic mass is 16.3. The van der Waals surface area contributed by atoms with Crippen LogP contribution in [0.5, 0.6) is 0 Å². The van der Waals surface area contributed by atoms with Gasteiger partial charge in [-0.1, -0.05) is 44.2 Å². The van der Waals surface area contributed by atoms with Gasteiger partial charge in [-0.05, 0) is 60.4 Å². The molecule has 3 heterocycles. The zero-order valence-corrected chi connectivity index (χ0v) is 21.2. The van der Waals surface area contributed by atoms with E-state index in [1.54, 1.807) is 0 Å². The molecule has 3 aromatic rings. The summed E-state index contributed by atoms with van der Waals surface area (Å²) < 4.78 is 0. The average Bonchev–Trinajstić information content (AvgIpc) is 3.60. The fourth-order valence-electron chi connectivity index (χ4n) is 6.13. The number of nitrogens with one attached hydrogen (secondary N) is 1. The molecule has 0 bridgehead atoms. The molecule has 0 radical (unpaired) electrons. The number of nitrogens with zero attached hydrogens (tertiary/aromatic N) is 3. The molecule has 3 N–H and O–H groups in total. The summed E-state index contributed by atoms with van der Waals surface area (Å²) in [7, 11) is 0. The van der Waals surface area contributed by atoms with E-state index in [0.29, 0.717) is 26.1 Å². The zero-order valence-electron chi connectivity index (χ0n) is 21.2. The van der Waals surface area contributed by atoms with Gasteiger partial charge < -0.3 is 15.1 Å². The van der Waals surface area contributed by atoms with Crippen molar-refractivity contribution in [1.29, 1.82) is 0 Å². The Morgan fingerprint density at radius 3 is 2.58 bits per heavy atom. The first-order chi connectivity index (χ1) is 17.2. The van der Waals surface area contributed by atoms with E-state index >= 15 is 0 Å². The molecular weight excluding hydrogens is 452 g/mol. The first-order valence-corrected chi connectivity index (χ1v) is 12.9. The number of rotatable bonds is 5. The molecule has 6 rings (SSSR count). The van der Waals surface area contributed by atoms with Crippen molar-refractivity contribution in [3.8, 4) is 11.3 Å². The molecule has 2 aromatic carbocycles. The summed E-state index contributed by atoms with van der Waals surface area (Å²) in [6, 6.07) is 13.8. The van der Waals surface area contributed by atoms with Gasteiger partial charge >= 0.3 is 0 Å². The summed E-state index contributed by atoms with van der Waals surface area (Å²) >= 11 is 0. The summed E-state index contributed by atoms with van der Waals surface area (Å²) in [5, 5.41) is 28.3. The molecule has 1 amide bonds. The standard InChI is InChI=1S/C29H34N4O3/c1-17(18-4-6-19(7-5-18)27(35)32-11-10-22(34)16-32)33-15-21-12-20(8-9-23(21)28(33)36)26-24-13-29(2,3)14-25(24)30-31-26/h4-9,12,17,22,27,34-35H,10-11,13-16H2,1-3H3,(H,30,31)/t17-,22-,27?/m1/s1. The Bertz CT molecular complexity index is 1310. The van der Waals surface area contributed by atoms with Crippen LogP contribution in [0, 0.1) is 5.41 Å². The van der Waals surface area contributed by atoms with Crippen LogP contribution in [0.15, 0.2) is 42.5 Å². The van der Waals surface area contributed by atoms with Gasteiger partial charge in [-0.2, -0.15) is 5.10 Å². The number of hydrogen-bond acceptors (Lipinski definition) is 5. The van der Waals surface area contributed by atoms with Gasteiger partial charge in [0.25, 0.3) is 5.91 Å². The molecule has 0 spiro atoms. The predicted molar refractivity (Wildman–Crippen MR) is 137 cm³/mol. The highest BCUT2D eigenvalue weighted by Gasteiger charge is 2.35. The number of carbonyl (C=O) groups is 1. The Kier molecular flexibility index (Phi) is 5.55. The van der Waals surface area contributed by atoms with E-state index in [4.69, 9.17) is 0 Å². The van der Waals surface area contributed by atoms with E-state index in [0.717, 1.165) is 46.4 Å². The van der Waals surface area contributed by atoms with Gasteiger partial charge in [-0.3, -0.25) is 14.8 Å². The van der Waals surface area contributed by atoms with Crippen LogP contribution >= 0.6 is 0 Å². The highest BCUT2D eigenvalue weighted by Crippen LogP contribution is 2.41. The number of aliphatic hydroxyl groups excluding tert-OH is 2. The molecule has 188 valence electrons. The summed E-state index contributed by atoms with van der Waals surface area (Å²) in [6.45, 7) is 8.36. The zero-order chi connectivity index (χ0) is 25.2. The summed E-state index contributed by atoms with van der Waals surface area (Å²) in [5.41, 5.74) is 8.50. The molecule has 1 aliphatic carbocycles. The number of carbonyl (C=O) groups excluding carboxylic acids is 1. The Labute approximate surface area is 211 Å². The van der Waals surface area contributed by atoms with Crippen molar-refractivity contribution < 1.29 is 15.0 Å². The van der Waals surface area contributed by atoms with Crippen molar-refractivity contribution in [1.82, 2.24) is 20.0 Å². The maximum atomic E-state index is 13.3. The first kappa shape index (κ1) is 23.4. The lowest BCUT2D eigenvalue weighted by atomic mass is 9.90. The molecule has 3 aliphatic rings. The molecule has 0 saturated carbocycles. The van der Waals surface area contributed by atoms with Crippen LogP contribution < -0.4 is 0 Å². The average molecular weight is 487 g/mol. The quantitative estimate of drug-likeness (QED) is 0.507. The minimum Gasteiger partial charge on any atom is -0.392 e. The van der Waals surface area contributed by atoms with E-state index in [1.165, 1.54) is 11.3 Å². The lowest BCUT2D eigenvalue weighted by Gasteiger charge is -2.26. The molecule has 36 heavy (non-hydrogen) atoms. The highest BCUT2D eigenvalue weighted by molar-refractivity contribution is 5.99. The van der Waals surface area contributed by atoms with Crippen molar-refractivity contribution >= 4 is 5.91 Å². The van der Waals surface area contributed by atoms with Crippen LogP contribution in [-0.2, 0) is 19.4 Å². The number of amides is 1. The monoisotopic (exact) mass is 486 g/mol. The number of benzene rings is 2. The number of aromatic nitrogens is 2. The molecule has 3 atom stereocenters. The van der Waals surface area contributed by atoms with Crippen molar-refractivity contribution in [2.24, 2.45) is 5.41 Å². The van der Waals surface area contributed by atoms with E-state index < -0.39 is 6.23 Å². The second-order valence-corrected chi connectivity index (χ2v) is 11.5. The third-order valence-electron chi connectivity index (χ3n) is 8.20. The van der Waals surface area contributed by atoms with Gasteiger partial charge in [-0.25, -0.2) is 0 Å². The van der Waals surface area contributed by atoms with E-state index in [1.807, 2.05) is 46.2 Å². The Balaban J connectivity index is 1.19. The van der Waals surface area contributed by atoms with Gasteiger partial charge in [0.2, 0.25) is 0 Å². The van der Waals surface area contributed by atoms with Gasteiger partial charge in [0, 0.05) is 42.0 Å². The fraction of sp³-hybridized carbons (Fsp3) is 0.448. The van der Waals surface area contributed by atoms with E-state index in [9.17, 15) is 15.0 Å². The second-order valence-electron chi connectivity index (χ2n) is 11.5. The van der Waals surface area contributed by atoms with Crippen molar-refractivity contribution in [2.75, 3.05) is 13.1 Å². The van der Waals surface area contributed by atoms with Crippen LogP contribution in [0.1, 0.15) is 77.8 Å². The van der Waals surface area contributed by atoms with Gasteiger partial charge in [-0.15, -0.1) is 0 Å². The molecule has 1 unspecified atom stereocenters. The smallest absolute Gasteiger partial charge is 0.255 e. The third kappa shape index (κ3) is 3.95. The first-order valence-electron chi connectivity index (χ1n) is 12.9. The van der Waals surface area contributed by atoms with Crippen molar-refractivity contribution in [2.45, 2.75) is 65.0 Å². The number of H-pyrrole nitrogens is 1. The number of likely N-dealkylation sites (tertiary alicyclic amines) is 1. The van der Waals surface area contributed by atoms with Crippen LogP contribution in [-0.4, -0.2) is 55.3 Å². The topological polar surface area (TPSA) is 92.7 Å². The number of aliphatic hydroxyl groups is 2. The minimum atomic E-state index is -0.725. The van der Waals surface area contributed by atoms with Gasteiger partial charge in [0.1, 0.15) is 6.23 Å². The third-order valence-corrected chi connectivity index (χ3v) is 8.20. The molecule has 7 nitrogen and oxygen atoms in total.